The first kappa shape index (κ1) is 17.4. The van der Waals surface area contributed by atoms with E-state index in [1.165, 1.54) is 11.8 Å². The standard InChI is InChI=1S/C22H18N2O2S/c25-21(14-20-22(26)24-18-11-4-5-12-19(18)27-20)23-17-10-6-9-16(13-17)15-7-2-1-3-8-15/h1-13,20H,14H2,(H,23,25)(H,24,26). The Balaban J connectivity index is 1.44. The minimum absolute atomic E-state index is 0.125. The van der Waals surface area contributed by atoms with Gasteiger partial charge in [0.15, 0.2) is 0 Å². The molecule has 1 atom stereocenters. The maximum atomic E-state index is 12.5. The van der Waals surface area contributed by atoms with Crippen LogP contribution in [-0.4, -0.2) is 17.1 Å². The van der Waals surface area contributed by atoms with Gasteiger partial charge in [0, 0.05) is 17.0 Å². The Morgan fingerprint density at radius 3 is 2.52 bits per heavy atom. The molecular formula is C22H18N2O2S. The summed E-state index contributed by atoms with van der Waals surface area (Å²) in [6.07, 6.45) is 0.125. The Labute approximate surface area is 162 Å². The van der Waals surface area contributed by atoms with Gasteiger partial charge in [-0.25, -0.2) is 0 Å². The van der Waals surface area contributed by atoms with Crippen LogP contribution in [0, 0.1) is 0 Å². The van der Waals surface area contributed by atoms with E-state index >= 15 is 0 Å². The monoisotopic (exact) mass is 374 g/mol. The van der Waals surface area contributed by atoms with E-state index in [2.05, 4.69) is 10.6 Å². The third kappa shape index (κ3) is 4.04. The van der Waals surface area contributed by atoms with Crippen molar-refractivity contribution in [3.05, 3.63) is 78.9 Å². The summed E-state index contributed by atoms with van der Waals surface area (Å²) in [5, 5.41) is 5.35. The Hall–Kier alpha value is -3.05. The molecular weight excluding hydrogens is 356 g/mol. The lowest BCUT2D eigenvalue weighted by molar-refractivity contribution is -0.120. The molecule has 2 N–H and O–H groups in total. The highest BCUT2D eigenvalue weighted by molar-refractivity contribution is 8.01. The third-order valence-electron chi connectivity index (χ3n) is 4.33. The van der Waals surface area contributed by atoms with Crippen molar-refractivity contribution in [1.82, 2.24) is 0 Å². The zero-order valence-corrected chi connectivity index (χ0v) is 15.3. The molecule has 3 aromatic carbocycles. The van der Waals surface area contributed by atoms with Crippen LogP contribution in [0.5, 0.6) is 0 Å². The molecule has 0 aromatic heterocycles. The summed E-state index contributed by atoms with van der Waals surface area (Å²) in [5.74, 6) is -0.306. The van der Waals surface area contributed by atoms with Crippen LogP contribution < -0.4 is 10.6 Å². The van der Waals surface area contributed by atoms with E-state index in [9.17, 15) is 9.59 Å². The second kappa shape index (κ2) is 7.68. The molecule has 134 valence electrons. The SMILES string of the molecule is O=C(CC1Sc2ccccc2NC1=O)Nc1cccc(-c2ccccc2)c1. The lowest BCUT2D eigenvalue weighted by Gasteiger charge is -2.23. The first-order chi connectivity index (χ1) is 13.2. The summed E-state index contributed by atoms with van der Waals surface area (Å²) >= 11 is 1.43. The first-order valence-corrected chi connectivity index (χ1v) is 9.59. The summed E-state index contributed by atoms with van der Waals surface area (Å²) < 4.78 is 0. The molecule has 1 aliphatic rings. The third-order valence-corrected chi connectivity index (χ3v) is 5.61. The second-order valence-corrected chi connectivity index (χ2v) is 7.54. The fourth-order valence-electron chi connectivity index (χ4n) is 3.01. The van der Waals surface area contributed by atoms with Crippen molar-refractivity contribution in [2.75, 3.05) is 10.6 Å². The van der Waals surface area contributed by atoms with E-state index in [0.717, 1.165) is 27.4 Å². The van der Waals surface area contributed by atoms with E-state index in [4.69, 9.17) is 0 Å². The van der Waals surface area contributed by atoms with Crippen molar-refractivity contribution in [3.8, 4) is 11.1 Å². The smallest absolute Gasteiger partial charge is 0.238 e. The van der Waals surface area contributed by atoms with Gasteiger partial charge in [-0.1, -0.05) is 54.6 Å². The molecule has 0 saturated carbocycles. The minimum Gasteiger partial charge on any atom is -0.326 e. The predicted molar refractivity (Wildman–Crippen MR) is 110 cm³/mol. The average Bonchev–Trinajstić information content (AvgIpc) is 2.69. The molecule has 3 aromatic rings. The molecule has 0 spiro atoms. The molecule has 1 heterocycles. The summed E-state index contributed by atoms with van der Waals surface area (Å²) in [5.41, 5.74) is 3.65. The molecule has 4 nitrogen and oxygen atoms in total. The molecule has 1 unspecified atom stereocenters. The van der Waals surface area contributed by atoms with Crippen LogP contribution in [0.15, 0.2) is 83.8 Å². The molecule has 5 heteroatoms. The number of amides is 2. The van der Waals surface area contributed by atoms with Gasteiger partial charge >= 0.3 is 0 Å². The Morgan fingerprint density at radius 2 is 1.67 bits per heavy atom. The quantitative estimate of drug-likeness (QED) is 0.690. The minimum atomic E-state index is -0.433. The van der Waals surface area contributed by atoms with Crippen molar-refractivity contribution in [2.45, 2.75) is 16.6 Å². The van der Waals surface area contributed by atoms with Gasteiger partial charge in [-0.2, -0.15) is 0 Å². The summed E-state index contributed by atoms with van der Waals surface area (Å²) in [4.78, 5) is 25.7. The Bertz CT molecular complexity index is 988. The van der Waals surface area contributed by atoms with Gasteiger partial charge in [0.25, 0.3) is 0 Å². The molecule has 0 radical (unpaired) electrons. The molecule has 27 heavy (non-hydrogen) atoms. The number of rotatable bonds is 4. The van der Waals surface area contributed by atoms with Gasteiger partial charge in [-0.15, -0.1) is 11.8 Å². The predicted octanol–water partition coefficient (Wildman–Crippen LogP) is 4.80. The van der Waals surface area contributed by atoms with Gasteiger partial charge < -0.3 is 10.6 Å². The highest BCUT2D eigenvalue weighted by Gasteiger charge is 2.28. The van der Waals surface area contributed by atoms with Gasteiger partial charge in [0.05, 0.1) is 10.9 Å². The van der Waals surface area contributed by atoms with Crippen LogP contribution in [0.3, 0.4) is 0 Å². The van der Waals surface area contributed by atoms with Gasteiger partial charge in [0.1, 0.15) is 0 Å². The number of hydrogen-bond acceptors (Lipinski definition) is 3. The van der Waals surface area contributed by atoms with Crippen LogP contribution in [0.4, 0.5) is 11.4 Å². The number of para-hydroxylation sites is 1. The van der Waals surface area contributed by atoms with Gasteiger partial charge in [-0.05, 0) is 35.4 Å². The molecule has 2 amide bonds. The number of thioether (sulfide) groups is 1. The molecule has 0 aliphatic carbocycles. The maximum absolute atomic E-state index is 12.5. The van der Waals surface area contributed by atoms with E-state index in [1.807, 2.05) is 78.9 Å². The number of benzene rings is 3. The topological polar surface area (TPSA) is 58.2 Å². The zero-order valence-electron chi connectivity index (χ0n) is 14.5. The normalized spacial score (nSPS) is 15.6. The maximum Gasteiger partial charge on any atom is 0.238 e. The fraction of sp³-hybridized carbons (Fsp3) is 0.0909. The first-order valence-electron chi connectivity index (χ1n) is 8.71. The summed E-state index contributed by atoms with van der Waals surface area (Å²) in [7, 11) is 0. The van der Waals surface area contributed by atoms with Crippen molar-refractivity contribution in [3.63, 3.8) is 0 Å². The van der Waals surface area contributed by atoms with Crippen molar-refractivity contribution < 1.29 is 9.59 Å². The highest BCUT2D eigenvalue weighted by atomic mass is 32.2. The molecule has 0 saturated heterocycles. The second-order valence-electron chi connectivity index (χ2n) is 6.29. The zero-order chi connectivity index (χ0) is 18.6. The van der Waals surface area contributed by atoms with E-state index in [-0.39, 0.29) is 18.2 Å². The van der Waals surface area contributed by atoms with Crippen LogP contribution in [-0.2, 0) is 9.59 Å². The van der Waals surface area contributed by atoms with E-state index in [1.54, 1.807) is 0 Å². The van der Waals surface area contributed by atoms with Crippen molar-refractivity contribution in [2.24, 2.45) is 0 Å². The van der Waals surface area contributed by atoms with Crippen LogP contribution in [0.1, 0.15) is 6.42 Å². The van der Waals surface area contributed by atoms with Gasteiger partial charge in [0.2, 0.25) is 11.8 Å². The Morgan fingerprint density at radius 1 is 0.926 bits per heavy atom. The van der Waals surface area contributed by atoms with Crippen molar-refractivity contribution >= 4 is 35.0 Å². The van der Waals surface area contributed by atoms with Crippen molar-refractivity contribution in [1.29, 1.82) is 0 Å². The lowest BCUT2D eigenvalue weighted by Crippen LogP contribution is -2.32. The van der Waals surface area contributed by atoms with E-state index < -0.39 is 5.25 Å². The van der Waals surface area contributed by atoms with Crippen LogP contribution >= 0.6 is 11.8 Å². The fourth-order valence-corrected chi connectivity index (χ4v) is 4.12. The number of nitrogens with one attached hydrogen (secondary N) is 2. The largest absolute Gasteiger partial charge is 0.326 e. The van der Waals surface area contributed by atoms with E-state index in [0.29, 0.717) is 0 Å². The number of carbonyl (C=O) groups is 2. The number of carbonyl (C=O) groups excluding carboxylic acids is 2. The average molecular weight is 374 g/mol. The van der Waals surface area contributed by atoms with Crippen LogP contribution in [0.25, 0.3) is 11.1 Å². The number of hydrogen-bond donors (Lipinski definition) is 2. The van der Waals surface area contributed by atoms with Gasteiger partial charge in [-0.3, -0.25) is 9.59 Å². The lowest BCUT2D eigenvalue weighted by atomic mass is 10.1. The molecule has 4 rings (SSSR count). The molecule has 0 fully saturated rings. The summed E-state index contributed by atoms with van der Waals surface area (Å²) in [6.45, 7) is 0. The highest BCUT2D eigenvalue weighted by Crippen LogP contribution is 2.36. The summed E-state index contributed by atoms with van der Waals surface area (Å²) in [6, 6.07) is 25.3. The van der Waals surface area contributed by atoms with Crippen LogP contribution in [0.2, 0.25) is 0 Å². The number of anilines is 2. The number of fused-ring (bicyclic) bond motifs is 1. The molecule has 1 aliphatic heterocycles. The molecule has 0 bridgehead atoms. The Kier molecular flexibility index (Phi) is 4.94.